The number of ether oxygens (including phenoxy) is 1. The van der Waals surface area contributed by atoms with Crippen molar-refractivity contribution in [1.29, 1.82) is 0 Å². The van der Waals surface area contributed by atoms with E-state index in [0.29, 0.717) is 0 Å². The number of benzene rings is 2. The topological polar surface area (TPSA) is 21.3 Å². The Morgan fingerprint density at radius 3 is 2.10 bits per heavy atom. The van der Waals surface area contributed by atoms with Crippen LogP contribution in [0.15, 0.2) is 34.8 Å². The number of halogens is 1. The number of methoxy groups -OCH3 is 1. The monoisotopic (exact) mass is 347 g/mol. The average molecular weight is 348 g/mol. The predicted octanol–water partition coefficient (Wildman–Crippen LogP) is 4.69. The van der Waals surface area contributed by atoms with Crippen LogP contribution in [0.25, 0.3) is 0 Å². The van der Waals surface area contributed by atoms with Crippen LogP contribution in [-0.2, 0) is 0 Å². The molecule has 0 amide bonds. The summed E-state index contributed by atoms with van der Waals surface area (Å²) in [5.41, 5.74) is 6.31. The summed E-state index contributed by atoms with van der Waals surface area (Å²) in [6.07, 6.45) is 0. The maximum absolute atomic E-state index is 5.30. The first kappa shape index (κ1) is 16.1. The van der Waals surface area contributed by atoms with Crippen molar-refractivity contribution in [3.05, 3.63) is 62.6 Å². The number of nitrogens with one attached hydrogen (secondary N) is 1. The normalized spacial score (nSPS) is 12.3. The van der Waals surface area contributed by atoms with E-state index in [1.807, 2.05) is 13.1 Å². The third kappa shape index (κ3) is 3.30. The lowest BCUT2D eigenvalue weighted by Gasteiger charge is -2.21. The molecule has 0 aliphatic heterocycles. The lowest BCUT2D eigenvalue weighted by atomic mass is 9.93. The largest absolute Gasteiger partial charge is 0.497 e. The fraction of sp³-hybridized carbons (Fsp3) is 0.333. The molecule has 0 aromatic heterocycles. The van der Waals surface area contributed by atoms with E-state index in [2.05, 4.69) is 66.3 Å². The van der Waals surface area contributed by atoms with Gasteiger partial charge in [-0.25, -0.2) is 0 Å². The van der Waals surface area contributed by atoms with Gasteiger partial charge in [-0.1, -0.05) is 34.1 Å². The van der Waals surface area contributed by atoms with E-state index < -0.39 is 0 Å². The first-order chi connectivity index (χ1) is 9.97. The molecule has 0 aliphatic rings. The van der Waals surface area contributed by atoms with Crippen LogP contribution in [0.5, 0.6) is 5.75 Å². The van der Waals surface area contributed by atoms with Gasteiger partial charge in [0.05, 0.1) is 13.2 Å². The molecular weight excluding hydrogens is 326 g/mol. The van der Waals surface area contributed by atoms with Crippen molar-refractivity contribution in [2.75, 3.05) is 14.2 Å². The summed E-state index contributed by atoms with van der Waals surface area (Å²) in [6, 6.07) is 10.9. The van der Waals surface area contributed by atoms with Crippen molar-refractivity contribution < 1.29 is 4.74 Å². The average Bonchev–Trinajstić information content (AvgIpc) is 2.46. The second-order valence-electron chi connectivity index (χ2n) is 5.41. The Kier molecular flexibility index (Phi) is 5.07. The Morgan fingerprint density at radius 2 is 1.62 bits per heavy atom. The van der Waals surface area contributed by atoms with Gasteiger partial charge in [-0.2, -0.15) is 0 Å². The standard InChI is InChI=1S/C18H22BrNO/c1-11-10-15(21-5)6-7-16(11)18(20-4)14-8-12(2)17(19)13(3)9-14/h6-10,18,20H,1-5H3. The zero-order valence-corrected chi connectivity index (χ0v) is 14.8. The molecule has 112 valence electrons. The molecule has 2 rings (SSSR count). The van der Waals surface area contributed by atoms with Gasteiger partial charge in [-0.3, -0.25) is 0 Å². The molecule has 0 bridgehead atoms. The van der Waals surface area contributed by atoms with Crippen LogP contribution in [0.1, 0.15) is 33.9 Å². The Morgan fingerprint density at radius 1 is 1.00 bits per heavy atom. The summed E-state index contributed by atoms with van der Waals surface area (Å²) in [5.74, 6) is 0.897. The third-order valence-electron chi connectivity index (χ3n) is 3.87. The fourth-order valence-electron chi connectivity index (χ4n) is 2.75. The summed E-state index contributed by atoms with van der Waals surface area (Å²) in [6.45, 7) is 6.39. The van der Waals surface area contributed by atoms with Gasteiger partial charge in [-0.05, 0) is 67.8 Å². The van der Waals surface area contributed by atoms with Gasteiger partial charge in [0.2, 0.25) is 0 Å². The van der Waals surface area contributed by atoms with Crippen molar-refractivity contribution in [2.45, 2.75) is 26.8 Å². The Labute approximate surface area is 135 Å². The molecular formula is C18H22BrNO. The molecule has 3 heteroatoms. The zero-order chi connectivity index (χ0) is 15.6. The van der Waals surface area contributed by atoms with Crippen molar-refractivity contribution in [1.82, 2.24) is 5.32 Å². The van der Waals surface area contributed by atoms with Gasteiger partial charge in [0.1, 0.15) is 5.75 Å². The lowest BCUT2D eigenvalue weighted by Crippen LogP contribution is -2.19. The molecule has 0 fully saturated rings. The molecule has 1 unspecified atom stereocenters. The highest BCUT2D eigenvalue weighted by Crippen LogP contribution is 2.31. The van der Waals surface area contributed by atoms with Crippen LogP contribution < -0.4 is 10.1 Å². The summed E-state index contributed by atoms with van der Waals surface area (Å²) < 4.78 is 6.48. The minimum Gasteiger partial charge on any atom is -0.497 e. The van der Waals surface area contributed by atoms with E-state index in [1.54, 1.807) is 7.11 Å². The molecule has 0 saturated heterocycles. The first-order valence-corrected chi connectivity index (χ1v) is 7.85. The summed E-state index contributed by atoms with van der Waals surface area (Å²) >= 11 is 3.64. The smallest absolute Gasteiger partial charge is 0.119 e. The number of hydrogen-bond acceptors (Lipinski definition) is 2. The first-order valence-electron chi connectivity index (χ1n) is 7.06. The highest BCUT2D eigenvalue weighted by molar-refractivity contribution is 9.10. The van der Waals surface area contributed by atoms with Crippen LogP contribution in [0.4, 0.5) is 0 Å². The van der Waals surface area contributed by atoms with E-state index in [4.69, 9.17) is 4.74 Å². The Balaban J connectivity index is 2.49. The van der Waals surface area contributed by atoms with Crippen LogP contribution in [0.3, 0.4) is 0 Å². The van der Waals surface area contributed by atoms with Gasteiger partial charge in [0.25, 0.3) is 0 Å². The molecule has 0 aliphatic carbocycles. The minimum absolute atomic E-state index is 0.182. The van der Waals surface area contributed by atoms with Crippen molar-refractivity contribution >= 4 is 15.9 Å². The minimum atomic E-state index is 0.182. The quantitative estimate of drug-likeness (QED) is 0.865. The highest BCUT2D eigenvalue weighted by Gasteiger charge is 2.16. The third-order valence-corrected chi connectivity index (χ3v) is 5.12. The zero-order valence-electron chi connectivity index (χ0n) is 13.3. The van der Waals surface area contributed by atoms with Crippen LogP contribution >= 0.6 is 15.9 Å². The van der Waals surface area contributed by atoms with Gasteiger partial charge >= 0.3 is 0 Å². The molecule has 2 aromatic rings. The predicted molar refractivity (Wildman–Crippen MR) is 92.2 cm³/mol. The highest BCUT2D eigenvalue weighted by atomic mass is 79.9. The van der Waals surface area contributed by atoms with Crippen LogP contribution in [-0.4, -0.2) is 14.2 Å². The summed E-state index contributed by atoms with van der Waals surface area (Å²) in [7, 11) is 3.70. The molecule has 1 atom stereocenters. The Bertz CT molecular complexity index is 629. The molecule has 21 heavy (non-hydrogen) atoms. The fourth-order valence-corrected chi connectivity index (χ4v) is 2.98. The number of aryl methyl sites for hydroxylation is 3. The molecule has 0 saturated carbocycles. The van der Waals surface area contributed by atoms with Crippen molar-refractivity contribution in [3.8, 4) is 5.75 Å². The number of rotatable bonds is 4. The maximum atomic E-state index is 5.30. The van der Waals surface area contributed by atoms with Gasteiger partial charge in [-0.15, -0.1) is 0 Å². The van der Waals surface area contributed by atoms with E-state index in [9.17, 15) is 0 Å². The molecule has 2 aromatic carbocycles. The van der Waals surface area contributed by atoms with Gasteiger partial charge < -0.3 is 10.1 Å². The Hall–Kier alpha value is -1.32. The van der Waals surface area contributed by atoms with E-state index in [0.717, 1.165) is 5.75 Å². The summed E-state index contributed by atoms with van der Waals surface area (Å²) in [4.78, 5) is 0. The van der Waals surface area contributed by atoms with Gasteiger partial charge in [0.15, 0.2) is 0 Å². The lowest BCUT2D eigenvalue weighted by molar-refractivity contribution is 0.414. The van der Waals surface area contributed by atoms with Crippen molar-refractivity contribution in [3.63, 3.8) is 0 Å². The second-order valence-corrected chi connectivity index (χ2v) is 6.21. The molecule has 2 nitrogen and oxygen atoms in total. The summed E-state index contributed by atoms with van der Waals surface area (Å²) in [5, 5.41) is 3.43. The molecule has 1 N–H and O–H groups in total. The van der Waals surface area contributed by atoms with E-state index in [-0.39, 0.29) is 6.04 Å². The van der Waals surface area contributed by atoms with Crippen molar-refractivity contribution in [2.24, 2.45) is 0 Å². The van der Waals surface area contributed by atoms with Crippen LogP contribution in [0, 0.1) is 20.8 Å². The molecule has 0 spiro atoms. The van der Waals surface area contributed by atoms with Crippen LogP contribution in [0.2, 0.25) is 0 Å². The SMILES string of the molecule is CNC(c1cc(C)c(Br)c(C)c1)c1ccc(OC)cc1C. The van der Waals surface area contributed by atoms with Gasteiger partial charge in [0, 0.05) is 4.47 Å². The van der Waals surface area contributed by atoms with E-state index in [1.165, 1.54) is 32.3 Å². The number of hydrogen-bond donors (Lipinski definition) is 1. The maximum Gasteiger partial charge on any atom is 0.119 e. The molecule has 0 heterocycles. The second kappa shape index (κ2) is 6.63. The molecule has 0 radical (unpaired) electrons. The van der Waals surface area contributed by atoms with E-state index >= 15 is 0 Å².